The molecule has 1 heterocycles. The minimum Gasteiger partial charge on any atom is -0.311 e. The molecule has 1 fully saturated rings. The highest BCUT2D eigenvalue weighted by Crippen LogP contribution is 2.37. The van der Waals surface area contributed by atoms with E-state index in [0.717, 1.165) is 6.54 Å². The Labute approximate surface area is 119 Å². The van der Waals surface area contributed by atoms with Crippen LogP contribution in [-0.4, -0.2) is 38.6 Å². The van der Waals surface area contributed by atoms with Crippen LogP contribution in [0, 0.1) is 12.3 Å². The van der Waals surface area contributed by atoms with Crippen molar-refractivity contribution in [2.75, 3.05) is 6.54 Å². The molecule has 102 valence electrons. The summed E-state index contributed by atoms with van der Waals surface area (Å²) in [5.41, 5.74) is -0.0595. The van der Waals surface area contributed by atoms with E-state index < -0.39 is 16.3 Å². The maximum absolute atomic E-state index is 12.0. The molecule has 0 aromatic carbocycles. The highest BCUT2D eigenvalue weighted by Gasteiger charge is 2.46. The fourth-order valence-corrected chi connectivity index (χ4v) is 9.46. The summed E-state index contributed by atoms with van der Waals surface area (Å²) in [6.07, 6.45) is 6.99. The van der Waals surface area contributed by atoms with Crippen molar-refractivity contribution < 1.29 is 4.79 Å². The van der Waals surface area contributed by atoms with Crippen LogP contribution in [0.4, 0.5) is 0 Å². The Balaban J connectivity index is 3.09. The summed E-state index contributed by atoms with van der Waals surface area (Å²) in [5, 5.41) is -0.0196. The van der Waals surface area contributed by atoms with Gasteiger partial charge in [0.1, 0.15) is 8.24 Å². The normalized spacial score (nSPS) is 23.4. The predicted molar refractivity (Wildman–Crippen MR) is 87.3 cm³/mol. The number of nitrogens with zero attached hydrogens (tertiary/aromatic N) is 1. The van der Waals surface area contributed by atoms with Crippen molar-refractivity contribution in [2.45, 2.75) is 56.8 Å². The number of carbonyl (C=O) groups is 1. The lowest BCUT2D eigenvalue weighted by Gasteiger charge is -2.41. The van der Waals surface area contributed by atoms with E-state index in [2.05, 4.69) is 55.8 Å². The minimum atomic E-state index is -1.65. The van der Waals surface area contributed by atoms with Crippen LogP contribution in [0.5, 0.6) is 0 Å². The Hall–Kier alpha value is -0.0262. The minimum absolute atomic E-state index is 0.0196. The van der Waals surface area contributed by atoms with Crippen LogP contribution in [0.25, 0.3) is 0 Å². The number of hydrogen-bond acceptors (Lipinski definition) is 2. The fraction of sp³-hybridized carbons (Fsp3) is 0.769. The average Bonchev–Trinajstić information content (AvgIpc) is 2.51. The van der Waals surface area contributed by atoms with Crippen molar-refractivity contribution >= 4 is 34.1 Å². The molecule has 0 bridgehead atoms. The van der Waals surface area contributed by atoms with Crippen LogP contribution in [0.1, 0.15) is 6.42 Å². The summed E-state index contributed by atoms with van der Waals surface area (Å²) in [7, 11) is -3.07. The van der Waals surface area contributed by atoms with Crippen LogP contribution < -0.4 is 0 Å². The molecular formula is C13H25NOSSi2. The van der Waals surface area contributed by atoms with Gasteiger partial charge in [0.15, 0.2) is 5.12 Å². The van der Waals surface area contributed by atoms with Gasteiger partial charge in [0.25, 0.3) is 0 Å². The molecule has 0 aromatic heterocycles. The van der Waals surface area contributed by atoms with Gasteiger partial charge < -0.3 is 4.57 Å². The molecule has 1 saturated heterocycles. The molecule has 0 spiro atoms. The Bertz CT molecular complexity index is 370. The van der Waals surface area contributed by atoms with Gasteiger partial charge in [0.05, 0.1) is 14.1 Å². The molecule has 5 heteroatoms. The second-order valence-corrected chi connectivity index (χ2v) is 17.4. The summed E-state index contributed by atoms with van der Waals surface area (Å²) in [4.78, 5) is 12.0. The molecule has 2 unspecified atom stereocenters. The van der Waals surface area contributed by atoms with Crippen LogP contribution in [-0.2, 0) is 4.79 Å². The zero-order valence-corrected chi connectivity index (χ0v) is 15.1. The third-order valence-electron chi connectivity index (χ3n) is 3.99. The number of terminal acetylenes is 1. The summed E-state index contributed by atoms with van der Waals surface area (Å²) < 4.78 is 2.48. The molecule has 1 aliphatic rings. The van der Waals surface area contributed by atoms with Crippen LogP contribution >= 0.6 is 12.6 Å². The van der Waals surface area contributed by atoms with E-state index in [-0.39, 0.29) is 16.7 Å². The number of thiol groups is 1. The first-order valence-corrected chi connectivity index (χ1v) is 13.7. The van der Waals surface area contributed by atoms with Gasteiger partial charge in [-0.15, -0.1) is 19.1 Å². The molecule has 0 aliphatic carbocycles. The van der Waals surface area contributed by atoms with Gasteiger partial charge in [-0.05, 0) is 19.0 Å². The van der Waals surface area contributed by atoms with E-state index in [4.69, 9.17) is 6.42 Å². The third kappa shape index (κ3) is 3.29. The van der Waals surface area contributed by atoms with Crippen molar-refractivity contribution in [3.05, 3.63) is 0 Å². The maximum atomic E-state index is 12.0. The Kier molecular flexibility index (Phi) is 4.93. The number of rotatable bonds is 4. The first-order chi connectivity index (χ1) is 8.11. The molecule has 2 nitrogen and oxygen atoms in total. The molecule has 0 amide bonds. The summed E-state index contributed by atoms with van der Waals surface area (Å²) in [5.74, 6) is 2.91. The van der Waals surface area contributed by atoms with Crippen LogP contribution in [0.15, 0.2) is 0 Å². The molecular weight excluding hydrogens is 274 g/mol. The van der Waals surface area contributed by atoms with E-state index in [1.807, 2.05) is 0 Å². The van der Waals surface area contributed by atoms with Gasteiger partial charge >= 0.3 is 0 Å². The van der Waals surface area contributed by atoms with Crippen molar-refractivity contribution in [3.8, 4) is 12.3 Å². The van der Waals surface area contributed by atoms with Crippen LogP contribution in [0.3, 0.4) is 0 Å². The van der Waals surface area contributed by atoms with E-state index in [9.17, 15) is 4.79 Å². The molecule has 1 rings (SSSR count). The molecule has 0 N–H and O–H groups in total. The van der Waals surface area contributed by atoms with Crippen molar-refractivity contribution in [1.29, 1.82) is 0 Å². The summed E-state index contributed by atoms with van der Waals surface area (Å²) in [6, 6.07) is 1.25. The van der Waals surface area contributed by atoms with Gasteiger partial charge in [0, 0.05) is 5.54 Å². The molecule has 2 atom stereocenters. The monoisotopic (exact) mass is 299 g/mol. The molecule has 18 heavy (non-hydrogen) atoms. The fourth-order valence-electron chi connectivity index (χ4n) is 2.99. The first-order valence-electron chi connectivity index (χ1n) is 6.57. The molecule has 0 aromatic rings. The van der Waals surface area contributed by atoms with Gasteiger partial charge in [-0.3, -0.25) is 4.79 Å². The zero-order chi connectivity index (χ0) is 14.1. The summed E-state index contributed by atoms with van der Waals surface area (Å²) in [6.45, 7) is 12.4. The van der Waals surface area contributed by atoms with Crippen molar-refractivity contribution in [1.82, 2.24) is 4.57 Å². The number of hydrogen-bond donors (Lipinski definition) is 1. The lowest BCUT2D eigenvalue weighted by atomic mass is 10.2. The molecule has 1 aliphatic heterocycles. The van der Waals surface area contributed by atoms with Gasteiger partial charge in [-0.2, -0.15) is 0 Å². The molecule has 0 saturated carbocycles. The standard InChI is InChI=1S/C13H25NOSSi2/c1-7-11(12(13(15)16)17(2,3)4)14-9-8-10-18(14,5)6/h1,11-12H,8-10H2,2-6H3,(H,15,16). The predicted octanol–water partition coefficient (Wildman–Crippen LogP) is 3.06. The van der Waals surface area contributed by atoms with E-state index in [1.54, 1.807) is 0 Å². The summed E-state index contributed by atoms with van der Waals surface area (Å²) >= 11 is 4.12. The maximum Gasteiger partial charge on any atom is 0.188 e. The van der Waals surface area contributed by atoms with E-state index >= 15 is 0 Å². The smallest absolute Gasteiger partial charge is 0.188 e. The highest BCUT2D eigenvalue weighted by atomic mass is 32.1. The van der Waals surface area contributed by atoms with Gasteiger partial charge in [-0.25, -0.2) is 0 Å². The zero-order valence-electron chi connectivity index (χ0n) is 12.2. The Morgan fingerprint density at radius 3 is 2.28 bits per heavy atom. The first kappa shape index (κ1) is 16.0. The largest absolute Gasteiger partial charge is 0.311 e. The van der Waals surface area contributed by atoms with Crippen molar-refractivity contribution in [3.63, 3.8) is 0 Å². The van der Waals surface area contributed by atoms with Gasteiger partial charge in [-0.1, -0.05) is 38.7 Å². The van der Waals surface area contributed by atoms with E-state index in [0.29, 0.717) is 0 Å². The third-order valence-corrected chi connectivity index (χ3v) is 10.6. The van der Waals surface area contributed by atoms with Gasteiger partial charge in [0.2, 0.25) is 0 Å². The number of carbonyl (C=O) groups excluding carboxylic acids is 1. The van der Waals surface area contributed by atoms with Crippen LogP contribution in [0.2, 0.25) is 44.3 Å². The Morgan fingerprint density at radius 2 is 2.00 bits per heavy atom. The lowest BCUT2D eigenvalue weighted by molar-refractivity contribution is -0.111. The van der Waals surface area contributed by atoms with E-state index in [1.165, 1.54) is 12.5 Å². The molecule has 0 radical (unpaired) electrons. The topological polar surface area (TPSA) is 20.3 Å². The second-order valence-electron chi connectivity index (χ2n) is 6.90. The SMILES string of the molecule is C#CC(C(C(=O)S)[Si](C)(C)C)N1CCC[Si]1(C)C. The quantitative estimate of drug-likeness (QED) is 0.489. The average molecular weight is 300 g/mol. The lowest BCUT2D eigenvalue weighted by Crippen LogP contribution is -2.55. The highest BCUT2D eigenvalue weighted by molar-refractivity contribution is 7.97. The Morgan fingerprint density at radius 1 is 1.44 bits per heavy atom. The second kappa shape index (κ2) is 5.53. The van der Waals surface area contributed by atoms with Crippen molar-refractivity contribution in [2.24, 2.45) is 0 Å².